The molecule has 0 amide bonds. The van der Waals surface area contributed by atoms with E-state index in [1.165, 1.54) is 0 Å². The summed E-state index contributed by atoms with van der Waals surface area (Å²) in [6.07, 6.45) is 3.88. The molecule has 0 bridgehead atoms. The lowest BCUT2D eigenvalue weighted by atomic mass is 10.2. The molecule has 1 atom stereocenters. The molecule has 0 aliphatic heterocycles. The van der Waals surface area contributed by atoms with Crippen LogP contribution in [0.15, 0.2) is 36.7 Å². The van der Waals surface area contributed by atoms with Gasteiger partial charge >= 0.3 is 0 Å². The molecule has 3 heterocycles. The fourth-order valence-electron chi connectivity index (χ4n) is 3.28. The van der Waals surface area contributed by atoms with Gasteiger partial charge in [0.1, 0.15) is 17.4 Å². The van der Waals surface area contributed by atoms with E-state index in [4.69, 9.17) is 4.74 Å². The van der Waals surface area contributed by atoms with Crippen molar-refractivity contribution >= 4 is 16.9 Å². The van der Waals surface area contributed by atoms with E-state index in [0.29, 0.717) is 5.82 Å². The Hall–Kier alpha value is -3.42. The number of aryl methyl sites for hydroxylation is 3. The Morgan fingerprint density at radius 2 is 1.86 bits per heavy atom. The van der Waals surface area contributed by atoms with Crippen LogP contribution < -0.4 is 10.1 Å². The molecule has 144 valence electrons. The van der Waals surface area contributed by atoms with Crippen LogP contribution in [0.2, 0.25) is 0 Å². The number of anilines is 1. The van der Waals surface area contributed by atoms with E-state index in [9.17, 15) is 0 Å². The minimum absolute atomic E-state index is 0.0177. The fourth-order valence-corrected chi connectivity index (χ4v) is 3.28. The first-order chi connectivity index (χ1) is 13.5. The highest BCUT2D eigenvalue weighted by Gasteiger charge is 2.17. The first-order valence-electron chi connectivity index (χ1n) is 9.09. The molecule has 3 aromatic heterocycles. The van der Waals surface area contributed by atoms with Crippen molar-refractivity contribution in [1.82, 2.24) is 29.5 Å². The average molecular weight is 377 g/mol. The summed E-state index contributed by atoms with van der Waals surface area (Å²) in [7, 11) is 3.55. The van der Waals surface area contributed by atoms with Crippen LogP contribution in [0.4, 0.5) is 5.82 Å². The van der Waals surface area contributed by atoms with Crippen LogP contribution in [0.5, 0.6) is 5.75 Å². The summed E-state index contributed by atoms with van der Waals surface area (Å²) in [6, 6.07) is 7.81. The highest BCUT2D eigenvalue weighted by Crippen LogP contribution is 2.27. The van der Waals surface area contributed by atoms with Crippen molar-refractivity contribution in [2.45, 2.75) is 26.8 Å². The van der Waals surface area contributed by atoms with Crippen LogP contribution in [0.1, 0.15) is 30.0 Å². The maximum atomic E-state index is 5.21. The predicted octanol–water partition coefficient (Wildman–Crippen LogP) is 3.35. The van der Waals surface area contributed by atoms with Gasteiger partial charge in [0, 0.05) is 18.8 Å². The largest absolute Gasteiger partial charge is 0.497 e. The van der Waals surface area contributed by atoms with Crippen molar-refractivity contribution in [3.63, 3.8) is 0 Å². The van der Waals surface area contributed by atoms with Crippen LogP contribution in [-0.4, -0.2) is 36.6 Å². The molecule has 0 aliphatic rings. The van der Waals surface area contributed by atoms with E-state index in [1.807, 2.05) is 62.2 Å². The number of ether oxygens (including phenoxy) is 1. The molecule has 0 fully saturated rings. The number of rotatable bonds is 5. The molecule has 8 heteroatoms. The Labute approximate surface area is 163 Å². The van der Waals surface area contributed by atoms with E-state index in [-0.39, 0.29) is 6.04 Å². The van der Waals surface area contributed by atoms with Crippen molar-refractivity contribution in [3.05, 3.63) is 53.7 Å². The van der Waals surface area contributed by atoms with Crippen LogP contribution in [0, 0.1) is 13.8 Å². The minimum atomic E-state index is 0.0177. The molecular formula is C20H23N7O. The second kappa shape index (κ2) is 6.95. The van der Waals surface area contributed by atoms with Gasteiger partial charge in [-0.25, -0.2) is 14.6 Å². The second-order valence-corrected chi connectivity index (χ2v) is 6.81. The summed E-state index contributed by atoms with van der Waals surface area (Å²) < 4.78 is 8.85. The Morgan fingerprint density at radius 1 is 1.11 bits per heavy atom. The topological polar surface area (TPSA) is 82.7 Å². The van der Waals surface area contributed by atoms with E-state index in [2.05, 4.69) is 32.4 Å². The standard InChI is InChI=1S/C20H23N7O/c1-12(15-10-21-27(11-15)16-6-8-17(28-5)9-7-16)22-19-18-13(2)25-26(4)20(18)24-14(3)23-19/h6-12H,1-5H3,(H,22,23,24)/t12-/m0/s1. The van der Waals surface area contributed by atoms with Crippen molar-refractivity contribution in [1.29, 1.82) is 0 Å². The van der Waals surface area contributed by atoms with Gasteiger partial charge in [0.15, 0.2) is 5.65 Å². The number of hydrogen-bond acceptors (Lipinski definition) is 6. The summed E-state index contributed by atoms with van der Waals surface area (Å²) >= 11 is 0. The van der Waals surface area contributed by atoms with E-state index in [1.54, 1.807) is 11.8 Å². The minimum Gasteiger partial charge on any atom is -0.497 e. The molecule has 28 heavy (non-hydrogen) atoms. The molecule has 0 saturated heterocycles. The van der Waals surface area contributed by atoms with Crippen molar-refractivity contribution in [2.24, 2.45) is 7.05 Å². The maximum absolute atomic E-state index is 5.21. The van der Waals surface area contributed by atoms with Gasteiger partial charge in [-0.15, -0.1) is 0 Å². The fraction of sp³-hybridized carbons (Fsp3) is 0.300. The predicted molar refractivity (Wildman–Crippen MR) is 108 cm³/mol. The first kappa shape index (κ1) is 18.0. The molecule has 4 rings (SSSR count). The molecule has 0 unspecified atom stereocenters. The number of aromatic nitrogens is 6. The number of nitrogens with zero attached hydrogens (tertiary/aromatic N) is 6. The summed E-state index contributed by atoms with van der Waals surface area (Å²) in [5.74, 6) is 2.32. The zero-order valence-electron chi connectivity index (χ0n) is 16.6. The SMILES string of the molecule is COc1ccc(-n2cc([C@H](C)Nc3nc(C)nc4c3c(C)nn4C)cn2)cc1. The lowest BCUT2D eigenvalue weighted by Crippen LogP contribution is -2.09. The number of methoxy groups -OCH3 is 1. The molecule has 0 saturated carbocycles. The molecule has 0 aliphatic carbocycles. The average Bonchev–Trinajstić information content (AvgIpc) is 3.27. The molecule has 8 nitrogen and oxygen atoms in total. The third kappa shape index (κ3) is 3.17. The smallest absolute Gasteiger partial charge is 0.163 e. The molecule has 1 aromatic carbocycles. The van der Waals surface area contributed by atoms with E-state index in [0.717, 1.165) is 39.5 Å². The Kier molecular flexibility index (Phi) is 4.46. The Balaban J connectivity index is 1.62. The summed E-state index contributed by atoms with van der Waals surface area (Å²) in [5.41, 5.74) is 3.76. The van der Waals surface area contributed by atoms with Crippen molar-refractivity contribution in [2.75, 3.05) is 12.4 Å². The lowest BCUT2D eigenvalue weighted by molar-refractivity contribution is 0.414. The van der Waals surface area contributed by atoms with Gasteiger partial charge in [0.2, 0.25) is 0 Å². The lowest BCUT2D eigenvalue weighted by Gasteiger charge is -2.14. The van der Waals surface area contributed by atoms with Gasteiger partial charge in [0.05, 0.1) is 36.1 Å². The Bertz CT molecular complexity index is 1130. The molecular weight excluding hydrogens is 354 g/mol. The quantitative estimate of drug-likeness (QED) is 0.574. The van der Waals surface area contributed by atoms with Crippen LogP contribution in [0.25, 0.3) is 16.7 Å². The number of nitrogens with one attached hydrogen (secondary N) is 1. The van der Waals surface area contributed by atoms with Gasteiger partial charge in [0.25, 0.3) is 0 Å². The van der Waals surface area contributed by atoms with E-state index >= 15 is 0 Å². The highest BCUT2D eigenvalue weighted by atomic mass is 16.5. The van der Waals surface area contributed by atoms with Gasteiger partial charge in [-0.1, -0.05) is 0 Å². The molecule has 4 aromatic rings. The summed E-state index contributed by atoms with van der Waals surface area (Å²) in [6.45, 7) is 5.95. The van der Waals surface area contributed by atoms with Gasteiger partial charge in [-0.05, 0) is 45.0 Å². The monoisotopic (exact) mass is 377 g/mol. The first-order valence-corrected chi connectivity index (χ1v) is 9.09. The number of fused-ring (bicyclic) bond motifs is 1. The zero-order valence-corrected chi connectivity index (χ0v) is 16.6. The highest BCUT2D eigenvalue weighted by molar-refractivity contribution is 5.89. The van der Waals surface area contributed by atoms with Gasteiger partial charge in [-0.2, -0.15) is 10.2 Å². The third-order valence-corrected chi connectivity index (χ3v) is 4.76. The Morgan fingerprint density at radius 3 is 2.57 bits per heavy atom. The second-order valence-electron chi connectivity index (χ2n) is 6.81. The van der Waals surface area contributed by atoms with Crippen LogP contribution in [0.3, 0.4) is 0 Å². The molecule has 0 radical (unpaired) electrons. The van der Waals surface area contributed by atoms with E-state index < -0.39 is 0 Å². The zero-order chi connectivity index (χ0) is 19.8. The van der Waals surface area contributed by atoms with Gasteiger partial charge in [-0.3, -0.25) is 4.68 Å². The van der Waals surface area contributed by atoms with Crippen LogP contribution in [-0.2, 0) is 7.05 Å². The molecule has 0 spiro atoms. The number of benzene rings is 1. The third-order valence-electron chi connectivity index (χ3n) is 4.76. The van der Waals surface area contributed by atoms with Gasteiger partial charge < -0.3 is 10.1 Å². The maximum Gasteiger partial charge on any atom is 0.163 e. The normalized spacial score (nSPS) is 12.3. The van der Waals surface area contributed by atoms with Crippen LogP contribution >= 0.6 is 0 Å². The number of hydrogen-bond donors (Lipinski definition) is 1. The summed E-state index contributed by atoms with van der Waals surface area (Å²) in [5, 5.41) is 13.4. The van der Waals surface area contributed by atoms with Crippen molar-refractivity contribution in [3.8, 4) is 11.4 Å². The molecule has 1 N–H and O–H groups in total. The summed E-state index contributed by atoms with van der Waals surface area (Å²) in [4.78, 5) is 9.13. The van der Waals surface area contributed by atoms with Crippen molar-refractivity contribution < 1.29 is 4.74 Å².